The predicted octanol–water partition coefficient (Wildman–Crippen LogP) is 3.85. The van der Waals surface area contributed by atoms with E-state index in [4.69, 9.17) is 4.52 Å². The van der Waals surface area contributed by atoms with Crippen molar-refractivity contribution in [2.45, 2.75) is 84.4 Å². The molecule has 3 aromatic rings. The van der Waals surface area contributed by atoms with E-state index in [-0.39, 0.29) is 19.5 Å². The third-order valence-corrected chi connectivity index (χ3v) is 6.83. The molecule has 224 valence electrons. The molecule has 0 aliphatic heterocycles. The predicted molar refractivity (Wildman–Crippen MR) is 141 cm³/mol. The number of carbonyl (C=O) groups is 2. The molecule has 2 heterocycles. The van der Waals surface area contributed by atoms with Gasteiger partial charge in [-0.3, -0.25) is 9.48 Å². The SMILES string of the molecule is CCCC[C@@H]([C@@H](O)C(=O)NCc1ccno1)N(C(=O)[O-])[C@H](Cn1ccc(-c2ccc(C(F)(F)F)cc2)n1)C(C)(C)C. The fraction of sp³-hybridized carbons (Fsp3) is 0.500. The number of aliphatic hydroxyl groups is 1. The van der Waals surface area contributed by atoms with Gasteiger partial charge in [0, 0.05) is 17.8 Å². The molecule has 2 aromatic heterocycles. The molecule has 0 spiro atoms. The zero-order valence-corrected chi connectivity index (χ0v) is 23.4. The van der Waals surface area contributed by atoms with Crippen LogP contribution in [0.1, 0.15) is 58.3 Å². The third kappa shape index (κ3) is 8.32. The van der Waals surface area contributed by atoms with Crippen LogP contribution in [-0.2, 0) is 24.1 Å². The van der Waals surface area contributed by atoms with Crippen LogP contribution in [0.4, 0.5) is 18.0 Å². The van der Waals surface area contributed by atoms with Crippen molar-refractivity contribution < 1.29 is 37.5 Å². The molecule has 2 amide bonds. The Labute approximate surface area is 236 Å². The molecule has 0 aliphatic rings. The minimum Gasteiger partial charge on any atom is -0.530 e. The molecule has 0 saturated heterocycles. The minimum atomic E-state index is -4.46. The molecule has 13 heteroatoms. The van der Waals surface area contributed by atoms with E-state index in [1.807, 2.05) is 27.7 Å². The molecule has 0 saturated carbocycles. The number of amides is 2. The van der Waals surface area contributed by atoms with E-state index in [0.717, 1.165) is 17.0 Å². The topological polar surface area (TPSA) is 137 Å². The summed E-state index contributed by atoms with van der Waals surface area (Å²) in [5, 5.41) is 34.3. The highest BCUT2D eigenvalue weighted by Crippen LogP contribution is 2.32. The van der Waals surface area contributed by atoms with Crippen LogP contribution in [0.3, 0.4) is 0 Å². The van der Waals surface area contributed by atoms with Crippen LogP contribution < -0.4 is 10.4 Å². The van der Waals surface area contributed by atoms with Gasteiger partial charge in [0.1, 0.15) is 6.09 Å². The fourth-order valence-electron chi connectivity index (χ4n) is 4.55. The van der Waals surface area contributed by atoms with E-state index in [9.17, 15) is 33.0 Å². The van der Waals surface area contributed by atoms with Crippen molar-refractivity contribution in [1.82, 2.24) is 25.2 Å². The summed E-state index contributed by atoms with van der Waals surface area (Å²) in [5.41, 5.74) is -0.609. The van der Waals surface area contributed by atoms with Crippen LogP contribution in [0.5, 0.6) is 0 Å². The first-order valence-electron chi connectivity index (χ1n) is 13.3. The van der Waals surface area contributed by atoms with Crippen molar-refractivity contribution in [2.75, 3.05) is 0 Å². The standard InChI is InChI=1S/C28H36F3N5O5/c1-5-6-7-22(24(37)25(38)32-16-20-12-14-33-41-20)36(26(39)40)23(27(2,3)4)17-35-15-13-21(34-35)18-8-10-19(11-9-18)28(29,30)31/h8-15,22-24,37H,5-7,16-17H2,1-4H3,(H,32,38)(H,39,40)/p-1/t22-,23+,24+/m0/s1. The normalized spacial score (nSPS) is 14.3. The van der Waals surface area contributed by atoms with Gasteiger partial charge in [0.25, 0.3) is 5.91 Å². The van der Waals surface area contributed by atoms with E-state index in [0.29, 0.717) is 29.9 Å². The number of hydrogen-bond donors (Lipinski definition) is 2. The molecule has 0 unspecified atom stereocenters. The van der Waals surface area contributed by atoms with Crippen molar-refractivity contribution in [1.29, 1.82) is 0 Å². The number of aliphatic hydroxyl groups excluding tert-OH is 1. The number of aromatic nitrogens is 3. The highest BCUT2D eigenvalue weighted by molar-refractivity contribution is 5.82. The van der Waals surface area contributed by atoms with E-state index in [1.54, 1.807) is 18.3 Å². The van der Waals surface area contributed by atoms with Gasteiger partial charge in [-0.1, -0.05) is 57.8 Å². The Morgan fingerprint density at radius 2 is 1.83 bits per heavy atom. The number of rotatable bonds is 12. The van der Waals surface area contributed by atoms with Gasteiger partial charge in [0.2, 0.25) is 0 Å². The monoisotopic (exact) mass is 578 g/mol. The summed E-state index contributed by atoms with van der Waals surface area (Å²) in [6, 6.07) is 5.82. The van der Waals surface area contributed by atoms with E-state index in [2.05, 4.69) is 15.6 Å². The molecular formula is C28H35F3N5O5-. The number of unbranched alkanes of at least 4 members (excludes halogenated alkanes) is 1. The van der Waals surface area contributed by atoms with E-state index >= 15 is 0 Å². The number of carbonyl (C=O) groups excluding carboxylic acids is 2. The van der Waals surface area contributed by atoms with Gasteiger partial charge in [-0.15, -0.1) is 0 Å². The molecule has 2 N–H and O–H groups in total. The lowest BCUT2D eigenvalue weighted by molar-refractivity contribution is -0.275. The maximum atomic E-state index is 13.0. The van der Waals surface area contributed by atoms with E-state index in [1.165, 1.54) is 23.0 Å². The summed E-state index contributed by atoms with van der Waals surface area (Å²) >= 11 is 0. The Kier molecular flexibility index (Phi) is 10.2. The minimum absolute atomic E-state index is 0.0349. The molecule has 0 fully saturated rings. The zero-order chi connectivity index (χ0) is 30.4. The van der Waals surface area contributed by atoms with Crippen LogP contribution in [0.2, 0.25) is 0 Å². The fourth-order valence-corrected chi connectivity index (χ4v) is 4.55. The summed E-state index contributed by atoms with van der Waals surface area (Å²) in [6.45, 7) is 7.37. The lowest BCUT2D eigenvalue weighted by Crippen LogP contribution is -2.62. The highest BCUT2D eigenvalue weighted by atomic mass is 19.4. The first kappa shape index (κ1) is 31.7. The average Bonchev–Trinajstić information content (AvgIpc) is 3.59. The number of nitrogens with one attached hydrogen (secondary N) is 1. The number of carboxylic acid groups (broad SMARTS) is 1. The molecular weight excluding hydrogens is 543 g/mol. The second kappa shape index (κ2) is 13.2. The summed E-state index contributed by atoms with van der Waals surface area (Å²) < 4.78 is 45.3. The number of nitrogens with zero attached hydrogens (tertiary/aromatic N) is 4. The van der Waals surface area contributed by atoms with Gasteiger partial charge in [-0.05, 0) is 30.0 Å². The zero-order valence-electron chi connectivity index (χ0n) is 23.4. The van der Waals surface area contributed by atoms with Crippen LogP contribution in [-0.4, -0.2) is 55.1 Å². The van der Waals surface area contributed by atoms with Crippen LogP contribution in [0.25, 0.3) is 11.3 Å². The smallest absolute Gasteiger partial charge is 0.416 e. The molecule has 0 aliphatic carbocycles. The molecule has 1 aromatic carbocycles. The maximum Gasteiger partial charge on any atom is 0.416 e. The van der Waals surface area contributed by atoms with Crippen molar-refractivity contribution in [3.8, 4) is 11.3 Å². The Morgan fingerprint density at radius 1 is 1.15 bits per heavy atom. The number of halogens is 3. The van der Waals surface area contributed by atoms with Gasteiger partial charge in [0.15, 0.2) is 11.9 Å². The van der Waals surface area contributed by atoms with Gasteiger partial charge < -0.3 is 29.7 Å². The summed E-state index contributed by atoms with van der Waals surface area (Å²) in [4.78, 5) is 26.5. The molecule has 0 bridgehead atoms. The lowest BCUT2D eigenvalue weighted by Gasteiger charge is -2.47. The summed E-state index contributed by atoms with van der Waals surface area (Å²) in [7, 11) is 0. The Balaban J connectivity index is 1.87. The molecule has 41 heavy (non-hydrogen) atoms. The summed E-state index contributed by atoms with van der Waals surface area (Å²) in [5.74, 6) is -0.410. The Bertz CT molecular complexity index is 1270. The van der Waals surface area contributed by atoms with Crippen LogP contribution >= 0.6 is 0 Å². The summed E-state index contributed by atoms with van der Waals surface area (Å²) in [6.07, 6.45) is -3.28. The van der Waals surface area contributed by atoms with Crippen molar-refractivity contribution in [3.63, 3.8) is 0 Å². The first-order valence-corrected chi connectivity index (χ1v) is 13.3. The van der Waals surface area contributed by atoms with Gasteiger partial charge in [0.05, 0.1) is 42.6 Å². The van der Waals surface area contributed by atoms with Crippen molar-refractivity contribution in [3.05, 3.63) is 60.1 Å². The lowest BCUT2D eigenvalue weighted by atomic mass is 9.83. The number of hydrogen-bond acceptors (Lipinski definition) is 7. The second-order valence-corrected chi connectivity index (χ2v) is 10.9. The first-order chi connectivity index (χ1) is 19.2. The number of benzene rings is 1. The Hall–Kier alpha value is -3.87. The van der Waals surface area contributed by atoms with Gasteiger partial charge in [-0.2, -0.15) is 18.3 Å². The van der Waals surface area contributed by atoms with Crippen molar-refractivity contribution in [2.24, 2.45) is 5.41 Å². The maximum absolute atomic E-state index is 13.0. The van der Waals surface area contributed by atoms with Gasteiger partial charge in [-0.25, -0.2) is 0 Å². The largest absolute Gasteiger partial charge is 0.530 e. The third-order valence-electron chi connectivity index (χ3n) is 6.83. The molecule has 3 atom stereocenters. The van der Waals surface area contributed by atoms with Crippen molar-refractivity contribution >= 4 is 12.0 Å². The molecule has 10 nitrogen and oxygen atoms in total. The average molecular weight is 579 g/mol. The van der Waals surface area contributed by atoms with Crippen LogP contribution in [0.15, 0.2) is 53.3 Å². The van der Waals surface area contributed by atoms with Gasteiger partial charge >= 0.3 is 6.18 Å². The molecule has 3 rings (SSSR count). The second-order valence-electron chi connectivity index (χ2n) is 10.9. The quantitative estimate of drug-likeness (QED) is 0.333. The highest BCUT2D eigenvalue weighted by Gasteiger charge is 2.40. The van der Waals surface area contributed by atoms with Crippen LogP contribution in [0, 0.1) is 5.41 Å². The molecule has 0 radical (unpaired) electrons. The van der Waals surface area contributed by atoms with E-state index < -0.39 is 47.3 Å². The Morgan fingerprint density at radius 3 is 2.37 bits per heavy atom. The number of alkyl halides is 3.